The van der Waals surface area contributed by atoms with E-state index in [4.69, 9.17) is 22.1 Å². The van der Waals surface area contributed by atoms with Crippen molar-refractivity contribution in [3.8, 4) is 5.75 Å². The SMILES string of the molecule is Cc1cc(OCc2cc([N+](=O)[O-])ccc2N)cc(C)c1Cl. The highest BCUT2D eigenvalue weighted by Gasteiger charge is 2.10. The summed E-state index contributed by atoms with van der Waals surface area (Å²) in [7, 11) is 0. The Bertz CT molecular complexity index is 678. The van der Waals surface area contributed by atoms with Crippen LogP contribution in [0.5, 0.6) is 5.75 Å². The largest absolute Gasteiger partial charge is 0.489 e. The Morgan fingerprint density at radius 1 is 1.24 bits per heavy atom. The Morgan fingerprint density at radius 3 is 2.43 bits per heavy atom. The molecule has 0 aliphatic heterocycles. The summed E-state index contributed by atoms with van der Waals surface area (Å²) < 4.78 is 5.66. The number of aryl methyl sites for hydroxylation is 2. The predicted octanol–water partition coefficient (Wildman–Crippen LogP) is 4.03. The number of nitrogens with two attached hydrogens (primary N) is 1. The number of nitro groups is 1. The molecular weight excluding hydrogens is 292 g/mol. The van der Waals surface area contributed by atoms with Gasteiger partial charge in [-0.05, 0) is 43.2 Å². The van der Waals surface area contributed by atoms with E-state index in [9.17, 15) is 10.1 Å². The molecule has 5 nitrogen and oxygen atoms in total. The van der Waals surface area contributed by atoms with E-state index in [1.165, 1.54) is 18.2 Å². The fraction of sp³-hybridized carbons (Fsp3) is 0.200. The Kier molecular flexibility index (Phi) is 4.33. The molecule has 0 amide bonds. The lowest BCUT2D eigenvalue weighted by molar-refractivity contribution is -0.384. The first-order valence-electron chi connectivity index (χ1n) is 6.31. The van der Waals surface area contributed by atoms with Crippen molar-refractivity contribution in [1.82, 2.24) is 0 Å². The summed E-state index contributed by atoms with van der Waals surface area (Å²) in [5, 5.41) is 11.5. The molecule has 0 bridgehead atoms. The van der Waals surface area contributed by atoms with Gasteiger partial charge in [-0.1, -0.05) is 11.6 Å². The standard InChI is InChI=1S/C15H15ClN2O3/c1-9-5-13(6-10(2)15(9)16)21-8-11-7-12(18(19)20)3-4-14(11)17/h3-7H,8,17H2,1-2H3. The van der Waals surface area contributed by atoms with Gasteiger partial charge in [0.05, 0.1) is 4.92 Å². The van der Waals surface area contributed by atoms with Gasteiger partial charge in [-0.15, -0.1) is 0 Å². The van der Waals surface area contributed by atoms with Gasteiger partial charge in [0, 0.05) is 28.4 Å². The Labute approximate surface area is 127 Å². The lowest BCUT2D eigenvalue weighted by atomic mass is 10.1. The van der Waals surface area contributed by atoms with Crippen molar-refractivity contribution in [1.29, 1.82) is 0 Å². The number of hydrogen-bond donors (Lipinski definition) is 1. The van der Waals surface area contributed by atoms with Crippen molar-refractivity contribution >= 4 is 23.0 Å². The second-order valence-corrected chi connectivity index (χ2v) is 5.18. The van der Waals surface area contributed by atoms with Crippen LogP contribution in [0.2, 0.25) is 5.02 Å². The number of nitrogens with zero attached hydrogens (tertiary/aromatic N) is 1. The molecule has 2 aromatic rings. The number of rotatable bonds is 4. The average molecular weight is 307 g/mol. The van der Waals surface area contributed by atoms with Gasteiger partial charge in [0.25, 0.3) is 5.69 Å². The molecule has 0 atom stereocenters. The quantitative estimate of drug-likeness (QED) is 0.525. The zero-order valence-corrected chi connectivity index (χ0v) is 12.5. The van der Waals surface area contributed by atoms with Crippen LogP contribution in [0.4, 0.5) is 11.4 Å². The molecule has 2 rings (SSSR count). The van der Waals surface area contributed by atoms with Crippen LogP contribution in [0.1, 0.15) is 16.7 Å². The maximum absolute atomic E-state index is 10.8. The molecule has 0 saturated heterocycles. The topological polar surface area (TPSA) is 78.4 Å². The highest BCUT2D eigenvalue weighted by molar-refractivity contribution is 6.32. The number of hydrogen-bond acceptors (Lipinski definition) is 4. The average Bonchev–Trinajstić information content (AvgIpc) is 2.43. The van der Waals surface area contributed by atoms with E-state index in [0.29, 0.717) is 22.0 Å². The number of benzene rings is 2. The minimum atomic E-state index is -0.459. The first-order chi connectivity index (χ1) is 9.88. The molecule has 0 saturated carbocycles. The molecule has 2 N–H and O–H groups in total. The van der Waals surface area contributed by atoms with Gasteiger partial charge in [0.15, 0.2) is 0 Å². The van der Waals surface area contributed by atoms with Gasteiger partial charge in [0.1, 0.15) is 12.4 Å². The summed E-state index contributed by atoms with van der Waals surface area (Å²) in [5.41, 5.74) is 8.68. The molecule has 6 heteroatoms. The molecule has 0 fully saturated rings. The summed E-state index contributed by atoms with van der Waals surface area (Å²) in [6, 6.07) is 7.95. The summed E-state index contributed by atoms with van der Waals surface area (Å²) in [5.74, 6) is 0.653. The monoisotopic (exact) mass is 306 g/mol. The normalized spacial score (nSPS) is 10.4. The van der Waals surface area contributed by atoms with Crippen molar-refractivity contribution in [2.24, 2.45) is 0 Å². The summed E-state index contributed by atoms with van der Waals surface area (Å²) >= 11 is 6.10. The number of ether oxygens (including phenoxy) is 1. The van der Waals surface area contributed by atoms with Crippen LogP contribution in [-0.2, 0) is 6.61 Å². The molecule has 21 heavy (non-hydrogen) atoms. The Hall–Kier alpha value is -2.27. The van der Waals surface area contributed by atoms with E-state index in [0.717, 1.165) is 11.1 Å². The van der Waals surface area contributed by atoms with Crippen molar-refractivity contribution in [3.63, 3.8) is 0 Å². The molecule has 0 aliphatic carbocycles. The first-order valence-corrected chi connectivity index (χ1v) is 6.68. The third kappa shape index (κ3) is 3.44. The third-order valence-electron chi connectivity index (χ3n) is 3.14. The van der Waals surface area contributed by atoms with Crippen LogP contribution in [-0.4, -0.2) is 4.92 Å². The molecule has 0 heterocycles. The van der Waals surface area contributed by atoms with E-state index < -0.39 is 4.92 Å². The highest BCUT2D eigenvalue weighted by Crippen LogP contribution is 2.27. The molecule has 0 aromatic heterocycles. The zero-order chi connectivity index (χ0) is 15.6. The van der Waals surface area contributed by atoms with E-state index in [2.05, 4.69) is 0 Å². The van der Waals surface area contributed by atoms with Gasteiger partial charge < -0.3 is 10.5 Å². The van der Waals surface area contributed by atoms with Crippen LogP contribution in [0.25, 0.3) is 0 Å². The second-order valence-electron chi connectivity index (χ2n) is 4.80. The molecule has 110 valence electrons. The Balaban J connectivity index is 2.20. The minimum absolute atomic E-state index is 0.00809. The van der Waals surface area contributed by atoms with Crippen LogP contribution in [0.15, 0.2) is 30.3 Å². The molecule has 0 unspecified atom stereocenters. The minimum Gasteiger partial charge on any atom is -0.489 e. The van der Waals surface area contributed by atoms with Gasteiger partial charge in [-0.3, -0.25) is 10.1 Å². The smallest absolute Gasteiger partial charge is 0.269 e. The summed E-state index contributed by atoms with van der Waals surface area (Å²) in [6.45, 7) is 3.95. The first kappa shape index (κ1) is 15.1. The molecule has 0 radical (unpaired) electrons. The number of anilines is 1. The second kappa shape index (κ2) is 6.01. The molecular formula is C15H15ClN2O3. The maximum Gasteiger partial charge on any atom is 0.269 e. The Morgan fingerprint density at radius 2 is 1.86 bits per heavy atom. The number of nitrogen functional groups attached to an aromatic ring is 1. The summed E-state index contributed by atoms with van der Waals surface area (Å²) in [6.07, 6.45) is 0. The van der Waals surface area contributed by atoms with Crippen molar-refractivity contribution < 1.29 is 9.66 Å². The maximum atomic E-state index is 10.8. The molecule has 2 aromatic carbocycles. The van der Waals surface area contributed by atoms with Gasteiger partial charge in [-0.25, -0.2) is 0 Å². The van der Waals surface area contributed by atoms with Crippen LogP contribution in [0.3, 0.4) is 0 Å². The lowest BCUT2D eigenvalue weighted by Gasteiger charge is -2.11. The predicted molar refractivity (Wildman–Crippen MR) is 82.8 cm³/mol. The van der Waals surface area contributed by atoms with Crippen LogP contribution in [0, 0.1) is 24.0 Å². The van der Waals surface area contributed by atoms with Crippen molar-refractivity contribution in [2.45, 2.75) is 20.5 Å². The zero-order valence-electron chi connectivity index (χ0n) is 11.7. The van der Waals surface area contributed by atoms with Crippen molar-refractivity contribution in [2.75, 3.05) is 5.73 Å². The van der Waals surface area contributed by atoms with Gasteiger partial charge in [-0.2, -0.15) is 0 Å². The van der Waals surface area contributed by atoms with Crippen LogP contribution < -0.4 is 10.5 Å². The van der Waals surface area contributed by atoms with E-state index in [-0.39, 0.29) is 12.3 Å². The number of halogens is 1. The van der Waals surface area contributed by atoms with E-state index in [1.54, 1.807) is 0 Å². The molecule has 0 spiro atoms. The number of non-ortho nitro benzene ring substituents is 1. The lowest BCUT2D eigenvalue weighted by Crippen LogP contribution is -2.02. The number of nitro benzene ring substituents is 1. The van der Waals surface area contributed by atoms with Crippen molar-refractivity contribution in [3.05, 3.63) is 62.2 Å². The van der Waals surface area contributed by atoms with Gasteiger partial charge >= 0.3 is 0 Å². The molecule has 0 aliphatic rings. The van der Waals surface area contributed by atoms with Gasteiger partial charge in [0.2, 0.25) is 0 Å². The summed E-state index contributed by atoms with van der Waals surface area (Å²) in [4.78, 5) is 10.3. The van der Waals surface area contributed by atoms with E-state index in [1.807, 2.05) is 26.0 Å². The highest BCUT2D eigenvalue weighted by atomic mass is 35.5. The third-order valence-corrected chi connectivity index (χ3v) is 3.74. The van der Waals surface area contributed by atoms with E-state index >= 15 is 0 Å². The van der Waals surface area contributed by atoms with Crippen LogP contribution >= 0.6 is 11.6 Å². The fourth-order valence-electron chi connectivity index (χ4n) is 1.98. The fourth-order valence-corrected chi connectivity index (χ4v) is 2.09.